The maximum Gasteiger partial charge on any atom is 0.306 e. The second kappa shape index (κ2) is 6.33. The minimum atomic E-state index is -0.497. The van der Waals surface area contributed by atoms with Crippen LogP contribution < -0.4 is 0 Å². The van der Waals surface area contributed by atoms with Gasteiger partial charge in [0.25, 0.3) is 0 Å². The first-order valence-electron chi connectivity index (χ1n) is 7.20. The van der Waals surface area contributed by atoms with Crippen molar-refractivity contribution < 1.29 is 19.4 Å². The number of ether oxygens (including phenoxy) is 1. The average Bonchev–Trinajstić information content (AvgIpc) is 2.82. The first-order chi connectivity index (χ1) is 9.11. The fourth-order valence-electron chi connectivity index (χ4n) is 3.04. The minimum Gasteiger partial charge on any atom is -0.462 e. The molecule has 2 aliphatic rings. The summed E-state index contributed by atoms with van der Waals surface area (Å²) in [7, 11) is 0. The third-order valence-electron chi connectivity index (χ3n) is 4.11. The fourth-order valence-corrected chi connectivity index (χ4v) is 3.04. The molecule has 1 saturated carbocycles. The molecule has 106 valence electrons. The maximum atomic E-state index is 11.7. The van der Waals surface area contributed by atoms with Crippen molar-refractivity contribution >= 4 is 11.8 Å². The highest BCUT2D eigenvalue weighted by Crippen LogP contribution is 2.41. The van der Waals surface area contributed by atoms with Crippen LogP contribution in [0, 0.1) is 11.8 Å². The number of aliphatic hydroxyl groups is 1. The summed E-state index contributed by atoms with van der Waals surface area (Å²) in [5.74, 6) is -0.155. The van der Waals surface area contributed by atoms with E-state index < -0.39 is 6.10 Å². The van der Waals surface area contributed by atoms with Crippen LogP contribution in [0.15, 0.2) is 12.2 Å². The molecule has 1 N–H and O–H groups in total. The highest BCUT2D eigenvalue weighted by Gasteiger charge is 2.48. The zero-order chi connectivity index (χ0) is 13.8. The predicted molar refractivity (Wildman–Crippen MR) is 70.4 cm³/mol. The van der Waals surface area contributed by atoms with Gasteiger partial charge in [-0.05, 0) is 12.5 Å². The highest BCUT2D eigenvalue weighted by molar-refractivity contribution is 5.89. The molecule has 0 spiro atoms. The van der Waals surface area contributed by atoms with Crippen molar-refractivity contribution in [2.45, 2.75) is 57.7 Å². The smallest absolute Gasteiger partial charge is 0.306 e. The van der Waals surface area contributed by atoms with Gasteiger partial charge in [0, 0.05) is 24.7 Å². The van der Waals surface area contributed by atoms with Gasteiger partial charge in [0.2, 0.25) is 0 Å². The lowest BCUT2D eigenvalue weighted by atomic mass is 9.91. The summed E-state index contributed by atoms with van der Waals surface area (Å²) in [6, 6.07) is 0. The molecule has 0 radical (unpaired) electrons. The van der Waals surface area contributed by atoms with E-state index >= 15 is 0 Å². The van der Waals surface area contributed by atoms with Crippen LogP contribution in [0.3, 0.4) is 0 Å². The number of carbonyl (C=O) groups is 2. The summed E-state index contributed by atoms with van der Waals surface area (Å²) < 4.78 is 5.15. The molecule has 0 bridgehead atoms. The average molecular weight is 266 g/mol. The normalized spacial score (nSPS) is 33.7. The number of aliphatic hydroxyl groups excluding tert-OH is 1. The Labute approximate surface area is 113 Å². The Kier molecular flexibility index (Phi) is 4.75. The lowest BCUT2D eigenvalue weighted by Crippen LogP contribution is -2.18. The van der Waals surface area contributed by atoms with Crippen LogP contribution in [-0.4, -0.2) is 29.1 Å². The summed E-state index contributed by atoms with van der Waals surface area (Å²) >= 11 is 0. The van der Waals surface area contributed by atoms with Crippen molar-refractivity contribution in [1.29, 1.82) is 0 Å². The molecule has 4 heteroatoms. The van der Waals surface area contributed by atoms with Gasteiger partial charge in [-0.25, -0.2) is 0 Å². The Balaban J connectivity index is 1.87. The van der Waals surface area contributed by atoms with Crippen LogP contribution in [0.2, 0.25) is 0 Å². The van der Waals surface area contributed by atoms with Crippen molar-refractivity contribution in [3.8, 4) is 0 Å². The van der Waals surface area contributed by atoms with Crippen LogP contribution >= 0.6 is 0 Å². The molecule has 1 aliphatic carbocycles. The topological polar surface area (TPSA) is 63.6 Å². The summed E-state index contributed by atoms with van der Waals surface area (Å²) in [5, 5.41) is 9.95. The summed E-state index contributed by atoms with van der Waals surface area (Å²) in [6.45, 7) is 2.10. The van der Waals surface area contributed by atoms with Crippen LogP contribution in [-0.2, 0) is 14.3 Å². The van der Waals surface area contributed by atoms with Crippen LogP contribution in [0.4, 0.5) is 0 Å². The van der Waals surface area contributed by atoms with Gasteiger partial charge in [-0.15, -0.1) is 0 Å². The number of unbranched alkanes of at least 4 members (excludes halogenated alkanes) is 2. The molecule has 0 amide bonds. The van der Waals surface area contributed by atoms with Crippen molar-refractivity contribution in [2.24, 2.45) is 11.8 Å². The quantitative estimate of drug-likeness (QED) is 0.454. The Morgan fingerprint density at radius 2 is 2.26 bits per heavy atom. The van der Waals surface area contributed by atoms with E-state index in [1.165, 1.54) is 0 Å². The SMILES string of the molecule is CCCCCC(=O)/C=C/C1[C@@H](O)C[C@H]2OC(=O)C[C@@H]12. The van der Waals surface area contributed by atoms with Gasteiger partial charge in [-0.2, -0.15) is 0 Å². The number of ketones is 1. The van der Waals surface area contributed by atoms with E-state index in [0.29, 0.717) is 19.3 Å². The van der Waals surface area contributed by atoms with E-state index in [1.807, 2.05) is 0 Å². The van der Waals surface area contributed by atoms with E-state index in [2.05, 4.69) is 6.92 Å². The molecular formula is C15H22O4. The van der Waals surface area contributed by atoms with Crippen molar-refractivity contribution in [2.75, 3.05) is 0 Å². The van der Waals surface area contributed by atoms with Gasteiger partial charge < -0.3 is 9.84 Å². The minimum absolute atomic E-state index is 0.0437. The van der Waals surface area contributed by atoms with E-state index in [4.69, 9.17) is 4.74 Å². The number of carbonyl (C=O) groups excluding carboxylic acids is 2. The molecule has 0 aromatic heterocycles. The van der Waals surface area contributed by atoms with E-state index in [9.17, 15) is 14.7 Å². The Bertz CT molecular complexity index is 374. The number of hydrogen-bond acceptors (Lipinski definition) is 4. The van der Waals surface area contributed by atoms with Gasteiger partial charge in [0.1, 0.15) is 6.10 Å². The molecule has 1 saturated heterocycles. The molecule has 19 heavy (non-hydrogen) atoms. The third kappa shape index (κ3) is 3.44. The summed E-state index contributed by atoms with van der Waals surface area (Å²) in [6.07, 6.45) is 7.21. The number of rotatable bonds is 6. The molecule has 1 unspecified atom stereocenters. The van der Waals surface area contributed by atoms with E-state index in [1.54, 1.807) is 12.2 Å². The van der Waals surface area contributed by atoms with Crippen molar-refractivity contribution in [3.05, 3.63) is 12.2 Å². The first kappa shape index (κ1) is 14.3. The van der Waals surface area contributed by atoms with Gasteiger partial charge in [0.05, 0.1) is 12.5 Å². The zero-order valence-corrected chi connectivity index (χ0v) is 11.4. The standard InChI is InChI=1S/C15H22O4/c1-2-3-4-5-10(16)6-7-11-12-8-15(18)19-14(12)9-13(11)17/h6-7,11-14,17H,2-5,8-9H2,1H3/b7-6+/t11?,12-,13-,14+/m0/s1. The van der Waals surface area contributed by atoms with Crippen LogP contribution in [0.25, 0.3) is 0 Å². The Morgan fingerprint density at radius 1 is 1.47 bits per heavy atom. The molecule has 0 aromatic rings. The second-order valence-corrected chi connectivity index (χ2v) is 5.56. The van der Waals surface area contributed by atoms with Crippen molar-refractivity contribution in [3.63, 3.8) is 0 Å². The maximum absolute atomic E-state index is 11.7. The molecule has 2 fully saturated rings. The second-order valence-electron chi connectivity index (χ2n) is 5.56. The highest BCUT2D eigenvalue weighted by atomic mass is 16.6. The lowest BCUT2D eigenvalue weighted by molar-refractivity contribution is -0.141. The fraction of sp³-hybridized carbons (Fsp3) is 0.733. The summed E-state index contributed by atoms with van der Waals surface area (Å²) in [4.78, 5) is 22.9. The number of allylic oxidation sites excluding steroid dienone is 1. The van der Waals surface area contributed by atoms with Gasteiger partial charge >= 0.3 is 5.97 Å². The van der Waals surface area contributed by atoms with E-state index in [-0.39, 0.29) is 29.7 Å². The van der Waals surface area contributed by atoms with Crippen LogP contribution in [0.5, 0.6) is 0 Å². The van der Waals surface area contributed by atoms with Gasteiger partial charge in [-0.1, -0.05) is 25.8 Å². The predicted octanol–water partition coefficient (Wildman–Crippen LogP) is 2.00. The van der Waals surface area contributed by atoms with Crippen molar-refractivity contribution in [1.82, 2.24) is 0 Å². The molecule has 1 heterocycles. The molecular weight excluding hydrogens is 244 g/mol. The van der Waals surface area contributed by atoms with Gasteiger partial charge in [0.15, 0.2) is 5.78 Å². The third-order valence-corrected chi connectivity index (χ3v) is 4.11. The Hall–Kier alpha value is -1.16. The molecule has 4 atom stereocenters. The molecule has 2 rings (SSSR count). The van der Waals surface area contributed by atoms with Gasteiger partial charge in [-0.3, -0.25) is 9.59 Å². The molecule has 4 nitrogen and oxygen atoms in total. The van der Waals surface area contributed by atoms with E-state index in [0.717, 1.165) is 19.3 Å². The number of fused-ring (bicyclic) bond motifs is 1. The molecule has 0 aromatic carbocycles. The monoisotopic (exact) mass is 266 g/mol. The zero-order valence-electron chi connectivity index (χ0n) is 11.4. The Morgan fingerprint density at radius 3 is 3.00 bits per heavy atom. The number of esters is 1. The van der Waals surface area contributed by atoms with Crippen LogP contribution in [0.1, 0.15) is 45.4 Å². The first-order valence-corrected chi connectivity index (χ1v) is 7.20. The molecule has 1 aliphatic heterocycles. The largest absolute Gasteiger partial charge is 0.462 e. The lowest BCUT2D eigenvalue weighted by Gasteiger charge is -2.14. The summed E-state index contributed by atoms with van der Waals surface area (Å²) in [5.41, 5.74) is 0. The number of hydrogen-bond donors (Lipinski definition) is 1.